The van der Waals surface area contributed by atoms with Crippen molar-refractivity contribution in [2.24, 2.45) is 5.92 Å². The highest BCUT2D eigenvalue weighted by Crippen LogP contribution is 2.28. The quantitative estimate of drug-likeness (QED) is 0.808. The van der Waals surface area contributed by atoms with Gasteiger partial charge in [0.25, 0.3) is 0 Å². The SMILES string of the molecule is CC1CCN(S(=O)(=O)c2cc(Br)cnc2Cl)CC1O. The lowest BCUT2D eigenvalue weighted by Crippen LogP contribution is -2.45. The minimum Gasteiger partial charge on any atom is -0.391 e. The average molecular weight is 370 g/mol. The molecule has 5 nitrogen and oxygen atoms in total. The lowest BCUT2D eigenvalue weighted by molar-refractivity contribution is 0.0605. The Bertz CT molecular complexity index is 581. The zero-order valence-corrected chi connectivity index (χ0v) is 13.4. The largest absolute Gasteiger partial charge is 0.391 e. The molecule has 0 radical (unpaired) electrons. The fourth-order valence-electron chi connectivity index (χ4n) is 1.96. The summed E-state index contributed by atoms with van der Waals surface area (Å²) in [5.41, 5.74) is 0. The third kappa shape index (κ3) is 3.11. The smallest absolute Gasteiger partial charge is 0.246 e. The summed E-state index contributed by atoms with van der Waals surface area (Å²) in [7, 11) is -3.72. The first kappa shape index (κ1) is 15.2. The van der Waals surface area contributed by atoms with Crippen molar-refractivity contribution in [1.82, 2.24) is 9.29 Å². The number of pyridine rings is 1. The van der Waals surface area contributed by atoms with Gasteiger partial charge in [0.05, 0.1) is 6.10 Å². The van der Waals surface area contributed by atoms with Crippen LogP contribution < -0.4 is 0 Å². The molecule has 0 aromatic carbocycles. The van der Waals surface area contributed by atoms with Gasteiger partial charge in [-0.25, -0.2) is 13.4 Å². The monoisotopic (exact) mass is 368 g/mol. The van der Waals surface area contributed by atoms with Gasteiger partial charge in [0.2, 0.25) is 10.0 Å². The van der Waals surface area contributed by atoms with Gasteiger partial charge < -0.3 is 5.11 Å². The third-order valence-electron chi connectivity index (χ3n) is 3.27. The molecule has 1 aliphatic rings. The molecule has 1 saturated heterocycles. The van der Waals surface area contributed by atoms with E-state index in [1.165, 1.54) is 16.6 Å². The van der Waals surface area contributed by atoms with Crippen molar-refractivity contribution < 1.29 is 13.5 Å². The molecule has 1 aromatic heterocycles. The van der Waals surface area contributed by atoms with Crippen molar-refractivity contribution >= 4 is 37.6 Å². The molecular formula is C11H14BrClN2O3S. The summed E-state index contributed by atoms with van der Waals surface area (Å²) >= 11 is 9.05. The predicted octanol–water partition coefficient (Wildman–Crippen LogP) is 1.89. The summed E-state index contributed by atoms with van der Waals surface area (Å²) in [6.07, 6.45) is 1.41. The maximum absolute atomic E-state index is 12.5. The third-order valence-corrected chi connectivity index (χ3v) is 6.00. The van der Waals surface area contributed by atoms with E-state index in [0.29, 0.717) is 17.4 Å². The molecule has 2 atom stereocenters. The zero-order valence-electron chi connectivity index (χ0n) is 10.3. The van der Waals surface area contributed by atoms with Crippen LogP contribution in [0.25, 0.3) is 0 Å². The Morgan fingerprint density at radius 2 is 2.26 bits per heavy atom. The number of nitrogens with zero attached hydrogens (tertiary/aromatic N) is 2. The van der Waals surface area contributed by atoms with E-state index in [2.05, 4.69) is 20.9 Å². The molecule has 0 bridgehead atoms. The first-order valence-corrected chi connectivity index (χ1v) is 8.42. The summed E-state index contributed by atoms with van der Waals surface area (Å²) in [5, 5.41) is 9.76. The molecule has 0 aliphatic carbocycles. The summed E-state index contributed by atoms with van der Waals surface area (Å²) in [4.78, 5) is 3.79. The molecule has 0 amide bonds. The second kappa shape index (κ2) is 5.65. The minimum atomic E-state index is -3.72. The van der Waals surface area contributed by atoms with E-state index in [1.807, 2.05) is 6.92 Å². The minimum absolute atomic E-state index is 0.0368. The summed E-state index contributed by atoms with van der Waals surface area (Å²) in [5.74, 6) is 0.0996. The molecule has 106 valence electrons. The summed E-state index contributed by atoms with van der Waals surface area (Å²) in [6, 6.07) is 1.43. The Hall–Kier alpha value is -0.210. The second-order valence-electron chi connectivity index (χ2n) is 4.64. The molecule has 2 unspecified atom stereocenters. The number of sulfonamides is 1. The number of hydrogen-bond donors (Lipinski definition) is 1. The van der Waals surface area contributed by atoms with Gasteiger partial charge >= 0.3 is 0 Å². The van der Waals surface area contributed by atoms with Crippen LogP contribution in [-0.4, -0.2) is 42.0 Å². The molecule has 1 fully saturated rings. The van der Waals surface area contributed by atoms with E-state index in [4.69, 9.17) is 11.6 Å². The Morgan fingerprint density at radius 3 is 2.89 bits per heavy atom. The molecule has 0 spiro atoms. The topological polar surface area (TPSA) is 70.5 Å². The molecule has 2 rings (SSSR count). The molecule has 2 heterocycles. The molecule has 1 aromatic rings. The Labute approximate surface area is 125 Å². The van der Waals surface area contributed by atoms with E-state index in [0.717, 1.165) is 0 Å². The molecule has 1 N–H and O–H groups in total. The van der Waals surface area contributed by atoms with Gasteiger partial charge in [0.1, 0.15) is 10.0 Å². The van der Waals surface area contributed by atoms with Crippen molar-refractivity contribution in [2.75, 3.05) is 13.1 Å². The van der Waals surface area contributed by atoms with Gasteiger partial charge in [0.15, 0.2) is 0 Å². The van der Waals surface area contributed by atoms with Crippen LogP contribution in [-0.2, 0) is 10.0 Å². The van der Waals surface area contributed by atoms with Crippen LogP contribution in [0.1, 0.15) is 13.3 Å². The fraction of sp³-hybridized carbons (Fsp3) is 0.545. The predicted molar refractivity (Wildman–Crippen MR) is 75.5 cm³/mol. The zero-order chi connectivity index (χ0) is 14.2. The lowest BCUT2D eigenvalue weighted by Gasteiger charge is -2.33. The highest BCUT2D eigenvalue weighted by molar-refractivity contribution is 9.10. The van der Waals surface area contributed by atoms with Crippen LogP contribution in [0.15, 0.2) is 21.6 Å². The second-order valence-corrected chi connectivity index (χ2v) is 7.82. The number of aliphatic hydroxyl groups excluding tert-OH is 1. The fourth-order valence-corrected chi connectivity index (χ4v) is 4.36. The van der Waals surface area contributed by atoms with Gasteiger partial charge in [-0.1, -0.05) is 18.5 Å². The highest BCUT2D eigenvalue weighted by Gasteiger charge is 2.34. The van der Waals surface area contributed by atoms with E-state index in [9.17, 15) is 13.5 Å². The van der Waals surface area contributed by atoms with E-state index >= 15 is 0 Å². The van der Waals surface area contributed by atoms with E-state index < -0.39 is 16.1 Å². The number of piperidine rings is 1. The molecule has 8 heteroatoms. The number of aromatic nitrogens is 1. The van der Waals surface area contributed by atoms with E-state index in [-0.39, 0.29) is 22.5 Å². The van der Waals surface area contributed by atoms with Crippen molar-refractivity contribution in [1.29, 1.82) is 0 Å². The van der Waals surface area contributed by atoms with Crippen molar-refractivity contribution in [3.05, 3.63) is 21.9 Å². The first-order valence-electron chi connectivity index (χ1n) is 5.81. The van der Waals surface area contributed by atoms with Crippen LogP contribution >= 0.6 is 27.5 Å². The summed E-state index contributed by atoms with van der Waals surface area (Å²) in [6.45, 7) is 2.37. The Morgan fingerprint density at radius 1 is 1.58 bits per heavy atom. The number of hydrogen-bond acceptors (Lipinski definition) is 4. The molecule has 0 saturated carbocycles. The lowest BCUT2D eigenvalue weighted by atomic mass is 9.98. The normalized spacial score (nSPS) is 25.5. The number of β-amino-alcohol motifs (C(OH)–C–C–N with tert-alkyl or cyclic N) is 1. The van der Waals surface area contributed by atoms with Crippen molar-refractivity contribution in [3.63, 3.8) is 0 Å². The van der Waals surface area contributed by atoms with E-state index in [1.54, 1.807) is 0 Å². The molecule has 19 heavy (non-hydrogen) atoms. The van der Waals surface area contributed by atoms with Gasteiger partial charge in [-0.15, -0.1) is 0 Å². The van der Waals surface area contributed by atoms with Crippen molar-refractivity contribution in [2.45, 2.75) is 24.3 Å². The van der Waals surface area contributed by atoms with Gasteiger partial charge in [0, 0.05) is 23.8 Å². The maximum Gasteiger partial charge on any atom is 0.246 e. The number of halogens is 2. The van der Waals surface area contributed by atoms with Crippen LogP contribution in [0.3, 0.4) is 0 Å². The van der Waals surface area contributed by atoms with Crippen LogP contribution in [0.4, 0.5) is 0 Å². The van der Waals surface area contributed by atoms with Gasteiger partial charge in [-0.2, -0.15) is 4.31 Å². The van der Waals surface area contributed by atoms with Gasteiger partial charge in [-0.05, 0) is 34.3 Å². The molecule has 1 aliphatic heterocycles. The Balaban J connectivity index is 2.35. The molecular weight excluding hydrogens is 356 g/mol. The highest BCUT2D eigenvalue weighted by atomic mass is 79.9. The summed E-state index contributed by atoms with van der Waals surface area (Å²) < 4.78 is 26.8. The maximum atomic E-state index is 12.5. The average Bonchev–Trinajstić information content (AvgIpc) is 2.35. The van der Waals surface area contributed by atoms with Crippen LogP contribution in [0, 0.1) is 5.92 Å². The van der Waals surface area contributed by atoms with Crippen LogP contribution in [0.2, 0.25) is 5.15 Å². The van der Waals surface area contributed by atoms with Crippen LogP contribution in [0.5, 0.6) is 0 Å². The van der Waals surface area contributed by atoms with Gasteiger partial charge in [-0.3, -0.25) is 0 Å². The number of rotatable bonds is 2. The standard InChI is InChI=1S/C11H14BrClN2O3S/c1-7-2-3-15(6-9(7)16)19(17,18)10-4-8(12)5-14-11(10)13/h4-5,7,9,16H,2-3,6H2,1H3. The first-order chi connectivity index (χ1) is 8.82. The number of aliphatic hydroxyl groups is 1. The Kier molecular flexibility index (Phi) is 4.52. The van der Waals surface area contributed by atoms with Crippen molar-refractivity contribution in [3.8, 4) is 0 Å².